The van der Waals surface area contributed by atoms with E-state index in [4.69, 9.17) is 5.11 Å². The van der Waals surface area contributed by atoms with E-state index in [2.05, 4.69) is 5.10 Å². The zero-order chi connectivity index (χ0) is 11.7. The fourth-order valence-corrected chi connectivity index (χ4v) is 2.47. The van der Waals surface area contributed by atoms with Crippen LogP contribution in [0.4, 0.5) is 0 Å². The van der Waals surface area contributed by atoms with E-state index in [1.165, 1.54) is 0 Å². The van der Waals surface area contributed by atoms with Gasteiger partial charge in [0.25, 0.3) is 0 Å². The number of likely N-dealkylation sites (tertiary alicyclic amines) is 1. The highest BCUT2D eigenvalue weighted by Gasteiger charge is 2.29. The third-order valence-corrected chi connectivity index (χ3v) is 3.08. The Kier molecular flexibility index (Phi) is 2.96. The van der Waals surface area contributed by atoms with Gasteiger partial charge in [-0.25, -0.2) is 0 Å². The molecular weight excluding hydrogens is 206 g/mol. The third kappa shape index (κ3) is 2.09. The number of hydrogen-bond donors (Lipinski definition) is 1. The van der Waals surface area contributed by atoms with Crippen molar-refractivity contribution in [1.82, 2.24) is 14.7 Å². The van der Waals surface area contributed by atoms with Gasteiger partial charge < -0.3 is 5.11 Å². The van der Waals surface area contributed by atoms with Crippen molar-refractivity contribution in [2.45, 2.75) is 25.8 Å². The third-order valence-electron chi connectivity index (χ3n) is 3.08. The minimum Gasteiger partial charge on any atom is -0.480 e. The summed E-state index contributed by atoms with van der Waals surface area (Å²) in [5.41, 5.74) is 2.11. The molecule has 0 saturated carbocycles. The van der Waals surface area contributed by atoms with E-state index in [1.54, 1.807) is 0 Å². The van der Waals surface area contributed by atoms with Crippen molar-refractivity contribution in [2.24, 2.45) is 7.05 Å². The Morgan fingerprint density at radius 2 is 2.44 bits per heavy atom. The molecular formula is C11H17N3O2. The smallest absolute Gasteiger partial charge is 0.317 e. The second-order valence-corrected chi connectivity index (χ2v) is 4.36. The van der Waals surface area contributed by atoms with Crippen LogP contribution in [0.2, 0.25) is 0 Å². The van der Waals surface area contributed by atoms with E-state index < -0.39 is 5.97 Å². The first-order valence-corrected chi connectivity index (χ1v) is 5.54. The summed E-state index contributed by atoms with van der Waals surface area (Å²) in [6, 6.07) is 2.26. The minimum atomic E-state index is -0.759. The average molecular weight is 223 g/mol. The molecule has 16 heavy (non-hydrogen) atoms. The monoisotopic (exact) mass is 223 g/mol. The number of aromatic nitrogens is 2. The fourth-order valence-electron chi connectivity index (χ4n) is 2.47. The molecule has 0 aromatic carbocycles. The zero-order valence-corrected chi connectivity index (χ0v) is 9.68. The Morgan fingerprint density at radius 1 is 1.69 bits per heavy atom. The second kappa shape index (κ2) is 4.25. The standard InChI is InChI=1S/C11H17N3O2/c1-8-6-10(13(2)12-8)9-4-3-5-14(9)7-11(15)16/h6,9H,3-5,7H2,1-2H3,(H,15,16)/t9-/m0/s1. The van der Waals surface area contributed by atoms with Crippen LogP contribution in [0.15, 0.2) is 6.07 Å². The van der Waals surface area contributed by atoms with Crippen molar-refractivity contribution in [3.05, 3.63) is 17.5 Å². The quantitative estimate of drug-likeness (QED) is 0.829. The van der Waals surface area contributed by atoms with E-state index >= 15 is 0 Å². The van der Waals surface area contributed by atoms with E-state index in [0.29, 0.717) is 0 Å². The van der Waals surface area contributed by atoms with Gasteiger partial charge in [0.15, 0.2) is 0 Å². The molecule has 88 valence electrons. The van der Waals surface area contributed by atoms with Gasteiger partial charge in [-0.1, -0.05) is 0 Å². The number of hydrogen-bond acceptors (Lipinski definition) is 3. The summed E-state index contributed by atoms with van der Waals surface area (Å²) in [7, 11) is 1.92. The molecule has 0 aliphatic carbocycles. The van der Waals surface area contributed by atoms with Crippen LogP contribution >= 0.6 is 0 Å². The van der Waals surface area contributed by atoms with Gasteiger partial charge in [0.1, 0.15) is 0 Å². The van der Waals surface area contributed by atoms with Gasteiger partial charge in [-0.2, -0.15) is 5.10 Å². The molecule has 1 aliphatic heterocycles. The van der Waals surface area contributed by atoms with E-state index in [0.717, 1.165) is 30.8 Å². The lowest BCUT2D eigenvalue weighted by atomic mass is 10.1. The molecule has 0 bridgehead atoms. The number of carboxylic acids is 1. The first-order chi connectivity index (χ1) is 7.58. The molecule has 1 atom stereocenters. The molecule has 0 spiro atoms. The number of rotatable bonds is 3. The maximum Gasteiger partial charge on any atom is 0.317 e. The van der Waals surface area contributed by atoms with Crippen LogP contribution in [-0.2, 0) is 11.8 Å². The molecule has 1 aromatic rings. The van der Waals surface area contributed by atoms with Gasteiger partial charge in [0.2, 0.25) is 0 Å². The van der Waals surface area contributed by atoms with Crippen molar-refractivity contribution in [1.29, 1.82) is 0 Å². The molecule has 1 saturated heterocycles. The lowest BCUT2D eigenvalue weighted by Crippen LogP contribution is -2.30. The van der Waals surface area contributed by atoms with Crippen molar-refractivity contribution in [3.63, 3.8) is 0 Å². The molecule has 1 aliphatic rings. The Labute approximate surface area is 94.7 Å². The molecule has 1 aromatic heterocycles. The Morgan fingerprint density at radius 3 is 3.00 bits per heavy atom. The highest BCUT2D eigenvalue weighted by molar-refractivity contribution is 5.69. The van der Waals surface area contributed by atoms with Gasteiger partial charge >= 0.3 is 5.97 Å². The van der Waals surface area contributed by atoms with Crippen molar-refractivity contribution in [3.8, 4) is 0 Å². The van der Waals surface area contributed by atoms with Gasteiger partial charge in [-0.15, -0.1) is 0 Å². The van der Waals surface area contributed by atoms with Crippen LogP contribution in [0.3, 0.4) is 0 Å². The van der Waals surface area contributed by atoms with Gasteiger partial charge in [0.05, 0.1) is 24.0 Å². The fraction of sp³-hybridized carbons (Fsp3) is 0.636. The summed E-state index contributed by atoms with van der Waals surface area (Å²) in [6.45, 7) is 2.94. The summed E-state index contributed by atoms with van der Waals surface area (Å²) < 4.78 is 1.86. The van der Waals surface area contributed by atoms with Crippen LogP contribution in [0, 0.1) is 6.92 Å². The Balaban J connectivity index is 2.19. The van der Waals surface area contributed by atoms with Crippen molar-refractivity contribution in [2.75, 3.05) is 13.1 Å². The number of carboxylic acid groups (broad SMARTS) is 1. The number of aryl methyl sites for hydroxylation is 2. The summed E-state index contributed by atoms with van der Waals surface area (Å²) >= 11 is 0. The molecule has 2 heterocycles. The Hall–Kier alpha value is -1.36. The topological polar surface area (TPSA) is 58.4 Å². The number of aliphatic carboxylic acids is 1. The molecule has 2 rings (SSSR count). The largest absolute Gasteiger partial charge is 0.480 e. The maximum atomic E-state index is 10.8. The summed E-state index contributed by atoms with van der Waals surface area (Å²) in [6.07, 6.45) is 2.08. The van der Waals surface area contributed by atoms with Gasteiger partial charge in [-0.3, -0.25) is 14.4 Å². The summed E-state index contributed by atoms with van der Waals surface area (Å²) in [4.78, 5) is 12.8. The molecule has 0 amide bonds. The first-order valence-electron chi connectivity index (χ1n) is 5.54. The molecule has 1 fully saturated rings. The molecule has 5 nitrogen and oxygen atoms in total. The van der Waals surface area contributed by atoms with Crippen LogP contribution in [-0.4, -0.2) is 38.8 Å². The first kappa shape index (κ1) is 11.1. The average Bonchev–Trinajstić information content (AvgIpc) is 2.72. The second-order valence-electron chi connectivity index (χ2n) is 4.36. The molecule has 0 radical (unpaired) electrons. The maximum absolute atomic E-state index is 10.8. The summed E-state index contributed by atoms with van der Waals surface area (Å²) in [5.74, 6) is -0.759. The van der Waals surface area contributed by atoms with E-state index in [9.17, 15) is 4.79 Å². The number of carbonyl (C=O) groups is 1. The zero-order valence-electron chi connectivity index (χ0n) is 9.68. The predicted octanol–water partition coefficient (Wildman–Crippen LogP) is 0.950. The van der Waals surface area contributed by atoms with Crippen LogP contribution < -0.4 is 0 Å². The predicted molar refractivity (Wildman–Crippen MR) is 59.1 cm³/mol. The molecule has 1 N–H and O–H groups in total. The van der Waals surface area contributed by atoms with Crippen molar-refractivity contribution >= 4 is 5.97 Å². The lowest BCUT2D eigenvalue weighted by Gasteiger charge is -2.22. The van der Waals surface area contributed by atoms with Gasteiger partial charge in [0, 0.05) is 7.05 Å². The normalized spacial score (nSPS) is 21.5. The SMILES string of the molecule is Cc1cc([C@@H]2CCCN2CC(=O)O)n(C)n1. The molecule has 0 unspecified atom stereocenters. The number of nitrogens with zero attached hydrogens (tertiary/aromatic N) is 3. The van der Waals surface area contributed by atoms with E-state index in [1.807, 2.05) is 29.6 Å². The Bertz CT molecular complexity index is 400. The summed E-state index contributed by atoms with van der Waals surface area (Å²) in [5, 5.41) is 13.2. The van der Waals surface area contributed by atoms with Crippen LogP contribution in [0.25, 0.3) is 0 Å². The molecule has 5 heteroatoms. The van der Waals surface area contributed by atoms with E-state index in [-0.39, 0.29) is 12.6 Å². The highest BCUT2D eigenvalue weighted by atomic mass is 16.4. The van der Waals surface area contributed by atoms with Gasteiger partial charge in [-0.05, 0) is 32.4 Å². The van der Waals surface area contributed by atoms with Crippen molar-refractivity contribution < 1.29 is 9.90 Å². The lowest BCUT2D eigenvalue weighted by molar-refractivity contribution is -0.138. The van der Waals surface area contributed by atoms with Crippen LogP contribution in [0.5, 0.6) is 0 Å². The minimum absolute atomic E-state index is 0.120. The van der Waals surface area contributed by atoms with Crippen LogP contribution in [0.1, 0.15) is 30.3 Å². The highest BCUT2D eigenvalue weighted by Crippen LogP contribution is 2.31.